The van der Waals surface area contributed by atoms with Crippen molar-refractivity contribution in [3.05, 3.63) is 0 Å². The van der Waals surface area contributed by atoms with E-state index < -0.39 is 17.9 Å². The highest BCUT2D eigenvalue weighted by Crippen LogP contribution is 1.96. The lowest BCUT2D eigenvalue weighted by atomic mass is 10.2. The van der Waals surface area contributed by atoms with E-state index in [-0.39, 0.29) is 12.3 Å². The highest BCUT2D eigenvalue weighted by atomic mass is 16.6. The van der Waals surface area contributed by atoms with Crippen molar-refractivity contribution in [2.24, 2.45) is 10.9 Å². The monoisotopic (exact) mass is 316 g/mol. The summed E-state index contributed by atoms with van der Waals surface area (Å²) in [5.41, 5.74) is 5.27. The molecular formula is C13H24N4O5. The van der Waals surface area contributed by atoms with Crippen molar-refractivity contribution >= 4 is 17.5 Å². The van der Waals surface area contributed by atoms with Crippen LogP contribution in [-0.2, 0) is 23.9 Å². The molecule has 1 fully saturated rings. The van der Waals surface area contributed by atoms with Crippen molar-refractivity contribution in [1.82, 2.24) is 10.2 Å². The molecule has 0 aromatic heterocycles. The molecule has 0 aromatic carbocycles. The Labute approximate surface area is 129 Å². The average molecular weight is 316 g/mol. The van der Waals surface area contributed by atoms with Gasteiger partial charge in [-0.2, -0.15) is 0 Å². The SMILES string of the molecule is COC[C@H](NC(=O)/C(C)=N/OCCN1CCOCC1)C(N)=O. The maximum absolute atomic E-state index is 11.8. The van der Waals surface area contributed by atoms with Gasteiger partial charge in [-0.05, 0) is 6.92 Å². The van der Waals surface area contributed by atoms with Gasteiger partial charge in [0.1, 0.15) is 18.4 Å². The molecule has 9 nitrogen and oxygen atoms in total. The molecule has 0 aromatic rings. The fourth-order valence-corrected chi connectivity index (χ4v) is 1.80. The van der Waals surface area contributed by atoms with Gasteiger partial charge in [0.05, 0.1) is 19.8 Å². The maximum Gasteiger partial charge on any atom is 0.269 e. The van der Waals surface area contributed by atoms with Gasteiger partial charge >= 0.3 is 0 Å². The number of primary amides is 1. The minimum absolute atomic E-state index is 0.00619. The summed E-state index contributed by atoms with van der Waals surface area (Å²) in [6.07, 6.45) is 0. The lowest BCUT2D eigenvalue weighted by Gasteiger charge is -2.25. The first-order chi connectivity index (χ1) is 10.5. The normalized spacial score (nSPS) is 17.8. The van der Waals surface area contributed by atoms with E-state index in [1.165, 1.54) is 14.0 Å². The summed E-state index contributed by atoms with van der Waals surface area (Å²) < 4.78 is 10.1. The second-order valence-corrected chi connectivity index (χ2v) is 4.85. The third-order valence-corrected chi connectivity index (χ3v) is 3.11. The van der Waals surface area contributed by atoms with Crippen LogP contribution in [0.4, 0.5) is 0 Å². The van der Waals surface area contributed by atoms with Crippen molar-refractivity contribution in [1.29, 1.82) is 0 Å². The van der Waals surface area contributed by atoms with E-state index in [2.05, 4.69) is 15.4 Å². The Bertz CT molecular complexity index is 396. The molecule has 0 bridgehead atoms. The van der Waals surface area contributed by atoms with E-state index in [4.69, 9.17) is 20.0 Å². The third kappa shape index (κ3) is 6.83. The topological polar surface area (TPSA) is 115 Å². The molecule has 1 aliphatic heterocycles. The smallest absolute Gasteiger partial charge is 0.269 e. The minimum atomic E-state index is -0.893. The number of amides is 2. The average Bonchev–Trinajstić information content (AvgIpc) is 2.51. The van der Waals surface area contributed by atoms with Crippen LogP contribution in [0.15, 0.2) is 5.16 Å². The highest BCUT2D eigenvalue weighted by Gasteiger charge is 2.19. The molecular weight excluding hydrogens is 292 g/mol. The van der Waals surface area contributed by atoms with Gasteiger partial charge in [0.2, 0.25) is 5.91 Å². The maximum atomic E-state index is 11.8. The number of methoxy groups -OCH3 is 1. The number of nitrogens with one attached hydrogen (secondary N) is 1. The summed E-state index contributed by atoms with van der Waals surface area (Å²) in [5, 5.41) is 6.17. The third-order valence-electron chi connectivity index (χ3n) is 3.11. The van der Waals surface area contributed by atoms with Crippen LogP contribution < -0.4 is 11.1 Å². The molecule has 0 saturated carbocycles. The number of morpholine rings is 1. The minimum Gasteiger partial charge on any atom is -0.394 e. The molecule has 1 saturated heterocycles. The standard InChI is InChI=1S/C13H24N4O5/c1-10(13(19)15-11(9-20-2)12(14)18)16-22-8-5-17-3-6-21-7-4-17/h11H,3-9H2,1-2H3,(H2,14,18)(H,15,19)/b16-10+/t11-/m0/s1. The number of hydrogen-bond acceptors (Lipinski definition) is 7. The van der Waals surface area contributed by atoms with E-state index in [0.29, 0.717) is 6.61 Å². The van der Waals surface area contributed by atoms with Crippen LogP contribution in [0.5, 0.6) is 0 Å². The largest absolute Gasteiger partial charge is 0.394 e. The first kappa shape index (κ1) is 18.3. The highest BCUT2D eigenvalue weighted by molar-refractivity contribution is 6.38. The molecule has 1 rings (SSSR count). The zero-order valence-corrected chi connectivity index (χ0v) is 13.0. The zero-order chi connectivity index (χ0) is 16.4. The Morgan fingerprint density at radius 3 is 2.68 bits per heavy atom. The molecule has 2 amide bonds. The fraction of sp³-hybridized carbons (Fsp3) is 0.769. The number of hydrogen-bond donors (Lipinski definition) is 2. The number of nitrogens with two attached hydrogens (primary N) is 1. The quantitative estimate of drug-likeness (QED) is 0.298. The Morgan fingerprint density at radius 1 is 1.41 bits per heavy atom. The van der Waals surface area contributed by atoms with Crippen LogP contribution in [-0.4, -0.2) is 81.6 Å². The molecule has 0 radical (unpaired) electrons. The number of nitrogens with zero attached hydrogens (tertiary/aromatic N) is 2. The first-order valence-electron chi connectivity index (χ1n) is 7.10. The summed E-state index contributed by atoms with van der Waals surface area (Å²) in [4.78, 5) is 30.2. The van der Waals surface area contributed by atoms with Gasteiger partial charge in [-0.25, -0.2) is 0 Å². The summed E-state index contributed by atoms with van der Waals surface area (Å²) >= 11 is 0. The van der Waals surface area contributed by atoms with Crippen LogP contribution >= 0.6 is 0 Å². The van der Waals surface area contributed by atoms with Gasteiger partial charge in [-0.1, -0.05) is 5.16 Å². The molecule has 126 valence electrons. The Hall–Kier alpha value is -1.71. The van der Waals surface area contributed by atoms with Gasteiger partial charge in [-0.3, -0.25) is 14.5 Å². The molecule has 0 spiro atoms. The molecule has 0 aliphatic carbocycles. The molecule has 1 heterocycles. The van der Waals surface area contributed by atoms with Crippen LogP contribution in [0.1, 0.15) is 6.92 Å². The molecule has 9 heteroatoms. The van der Waals surface area contributed by atoms with E-state index in [1.54, 1.807) is 0 Å². The van der Waals surface area contributed by atoms with Gasteiger partial charge in [0.25, 0.3) is 5.91 Å². The predicted octanol–water partition coefficient (Wildman–Crippen LogP) is -1.67. The van der Waals surface area contributed by atoms with Crippen LogP contribution in [0, 0.1) is 0 Å². The van der Waals surface area contributed by atoms with Crippen molar-refractivity contribution < 1.29 is 23.9 Å². The van der Waals surface area contributed by atoms with Crippen molar-refractivity contribution in [2.45, 2.75) is 13.0 Å². The zero-order valence-electron chi connectivity index (χ0n) is 13.0. The van der Waals surface area contributed by atoms with Gasteiger partial charge in [0, 0.05) is 26.7 Å². The summed E-state index contributed by atoms with van der Waals surface area (Å²) in [5.74, 6) is -1.19. The fourth-order valence-electron chi connectivity index (χ4n) is 1.80. The van der Waals surface area contributed by atoms with Crippen LogP contribution in [0.25, 0.3) is 0 Å². The number of oxime groups is 1. The lowest BCUT2D eigenvalue weighted by molar-refractivity contribution is -0.125. The molecule has 1 atom stereocenters. The number of ether oxygens (including phenoxy) is 2. The lowest BCUT2D eigenvalue weighted by Crippen LogP contribution is -2.49. The van der Waals surface area contributed by atoms with Crippen molar-refractivity contribution in [2.75, 3.05) is 53.2 Å². The van der Waals surface area contributed by atoms with E-state index in [9.17, 15) is 9.59 Å². The first-order valence-corrected chi connectivity index (χ1v) is 7.10. The van der Waals surface area contributed by atoms with Gasteiger partial charge in [0.15, 0.2) is 0 Å². The Kier molecular flexibility index (Phi) is 8.41. The van der Waals surface area contributed by atoms with E-state index in [1.807, 2.05) is 0 Å². The molecule has 3 N–H and O–H groups in total. The van der Waals surface area contributed by atoms with Gasteiger partial charge < -0.3 is 25.4 Å². The van der Waals surface area contributed by atoms with Gasteiger partial charge in [-0.15, -0.1) is 0 Å². The summed E-state index contributed by atoms with van der Waals surface area (Å²) in [6, 6.07) is -0.893. The number of carbonyl (C=O) groups excluding carboxylic acids is 2. The number of rotatable bonds is 9. The molecule has 1 aliphatic rings. The van der Waals surface area contributed by atoms with Crippen LogP contribution in [0.3, 0.4) is 0 Å². The summed E-state index contributed by atoms with van der Waals surface area (Å²) in [7, 11) is 1.41. The second kappa shape index (κ2) is 10.1. The van der Waals surface area contributed by atoms with E-state index >= 15 is 0 Å². The Balaban J connectivity index is 2.30. The predicted molar refractivity (Wildman–Crippen MR) is 79.3 cm³/mol. The van der Waals surface area contributed by atoms with Crippen molar-refractivity contribution in [3.8, 4) is 0 Å². The molecule has 22 heavy (non-hydrogen) atoms. The number of carbonyl (C=O) groups is 2. The molecule has 0 unspecified atom stereocenters. The van der Waals surface area contributed by atoms with Crippen LogP contribution in [0.2, 0.25) is 0 Å². The summed E-state index contributed by atoms with van der Waals surface area (Å²) in [6.45, 7) is 5.77. The van der Waals surface area contributed by atoms with E-state index in [0.717, 1.165) is 32.8 Å². The second-order valence-electron chi connectivity index (χ2n) is 4.85. The Morgan fingerprint density at radius 2 is 2.09 bits per heavy atom. The van der Waals surface area contributed by atoms with Crippen molar-refractivity contribution in [3.63, 3.8) is 0 Å².